The molecule has 1 heterocycles. The molecule has 3 amide bonds. The molecule has 6 N–H and O–H groups in total. The van der Waals surface area contributed by atoms with Crippen LogP contribution in [-0.4, -0.2) is 23.0 Å². The number of urea groups is 1. The van der Waals surface area contributed by atoms with Crippen molar-refractivity contribution in [2.45, 2.75) is 12.5 Å². The average molecular weight is 246 g/mol. The van der Waals surface area contributed by atoms with Crippen LogP contribution in [-0.2, 0) is 11.2 Å². The van der Waals surface area contributed by atoms with Gasteiger partial charge in [-0.3, -0.25) is 4.79 Å². The molecule has 18 heavy (non-hydrogen) atoms. The van der Waals surface area contributed by atoms with Crippen LogP contribution in [0.3, 0.4) is 0 Å². The Labute approximate surface area is 103 Å². The van der Waals surface area contributed by atoms with Gasteiger partial charge in [0.05, 0.1) is 0 Å². The summed E-state index contributed by atoms with van der Waals surface area (Å²) in [4.78, 5) is 25.1. The van der Waals surface area contributed by atoms with Gasteiger partial charge in [-0.15, -0.1) is 0 Å². The lowest BCUT2D eigenvalue weighted by Crippen LogP contribution is -2.47. The molecule has 0 aliphatic heterocycles. The summed E-state index contributed by atoms with van der Waals surface area (Å²) in [7, 11) is 0. The number of hydrogen-bond acceptors (Lipinski definition) is 2. The highest BCUT2D eigenvalue weighted by Crippen LogP contribution is 2.18. The topological polar surface area (TPSA) is 114 Å². The van der Waals surface area contributed by atoms with E-state index >= 15 is 0 Å². The third-order valence-corrected chi connectivity index (χ3v) is 2.76. The summed E-state index contributed by atoms with van der Waals surface area (Å²) in [5.74, 6) is -0.612. The highest BCUT2D eigenvalue weighted by atomic mass is 16.2. The highest BCUT2D eigenvalue weighted by Gasteiger charge is 2.18. The van der Waals surface area contributed by atoms with E-state index in [9.17, 15) is 9.59 Å². The number of aromatic nitrogens is 1. The Bertz CT molecular complexity index is 591. The summed E-state index contributed by atoms with van der Waals surface area (Å²) in [6, 6.07) is 6.11. The summed E-state index contributed by atoms with van der Waals surface area (Å²) in [5.41, 5.74) is 12.1. The van der Waals surface area contributed by atoms with Gasteiger partial charge in [0, 0.05) is 23.5 Å². The molecular formula is C12H14N4O2. The second-order valence-corrected chi connectivity index (χ2v) is 4.03. The van der Waals surface area contributed by atoms with E-state index in [0.29, 0.717) is 6.42 Å². The summed E-state index contributed by atoms with van der Waals surface area (Å²) in [6.45, 7) is 0. The average Bonchev–Trinajstić information content (AvgIpc) is 2.71. The first kappa shape index (κ1) is 12.0. The Hall–Kier alpha value is -2.50. The van der Waals surface area contributed by atoms with E-state index in [-0.39, 0.29) is 0 Å². The largest absolute Gasteiger partial charge is 0.368 e. The Morgan fingerprint density at radius 1 is 1.28 bits per heavy atom. The van der Waals surface area contributed by atoms with Crippen LogP contribution < -0.4 is 16.8 Å². The molecule has 0 aliphatic rings. The van der Waals surface area contributed by atoms with E-state index in [0.717, 1.165) is 16.5 Å². The number of para-hydroxylation sites is 1. The zero-order chi connectivity index (χ0) is 13.1. The van der Waals surface area contributed by atoms with Crippen LogP contribution in [0.1, 0.15) is 5.56 Å². The molecule has 0 unspecified atom stereocenters. The van der Waals surface area contributed by atoms with Crippen molar-refractivity contribution in [1.29, 1.82) is 0 Å². The van der Waals surface area contributed by atoms with Gasteiger partial charge in [-0.05, 0) is 11.6 Å². The minimum atomic E-state index is -0.804. The van der Waals surface area contributed by atoms with Crippen LogP contribution >= 0.6 is 0 Å². The summed E-state index contributed by atoms with van der Waals surface area (Å²) in [6.07, 6.45) is 2.10. The Morgan fingerprint density at radius 3 is 2.67 bits per heavy atom. The number of benzene rings is 1. The maximum atomic E-state index is 11.2. The normalized spacial score (nSPS) is 12.2. The quantitative estimate of drug-likeness (QED) is 0.618. The minimum absolute atomic E-state index is 0.308. The monoisotopic (exact) mass is 246 g/mol. The van der Waals surface area contributed by atoms with E-state index in [4.69, 9.17) is 11.5 Å². The fraction of sp³-hybridized carbons (Fsp3) is 0.167. The van der Waals surface area contributed by atoms with Gasteiger partial charge in [-0.2, -0.15) is 0 Å². The maximum absolute atomic E-state index is 11.2. The first-order chi connectivity index (χ1) is 8.58. The van der Waals surface area contributed by atoms with E-state index < -0.39 is 18.0 Å². The number of fused-ring (bicyclic) bond motifs is 1. The molecule has 0 bridgehead atoms. The van der Waals surface area contributed by atoms with Crippen molar-refractivity contribution in [3.8, 4) is 0 Å². The van der Waals surface area contributed by atoms with E-state index in [1.807, 2.05) is 24.3 Å². The van der Waals surface area contributed by atoms with Crippen LogP contribution in [0.2, 0.25) is 0 Å². The van der Waals surface area contributed by atoms with Crippen molar-refractivity contribution in [3.05, 3.63) is 36.0 Å². The molecule has 1 aromatic heterocycles. The zero-order valence-corrected chi connectivity index (χ0v) is 9.64. The van der Waals surface area contributed by atoms with Gasteiger partial charge < -0.3 is 21.8 Å². The molecule has 0 saturated heterocycles. The molecule has 0 aliphatic carbocycles. The van der Waals surface area contributed by atoms with Gasteiger partial charge in [-0.25, -0.2) is 4.79 Å². The second kappa shape index (κ2) is 4.79. The molecule has 6 heteroatoms. The minimum Gasteiger partial charge on any atom is -0.368 e. The number of carbonyl (C=O) groups is 2. The van der Waals surface area contributed by atoms with Crippen molar-refractivity contribution in [1.82, 2.24) is 10.3 Å². The van der Waals surface area contributed by atoms with Gasteiger partial charge in [0.2, 0.25) is 5.91 Å². The number of primary amides is 2. The van der Waals surface area contributed by atoms with Crippen molar-refractivity contribution in [2.24, 2.45) is 11.5 Å². The molecule has 0 saturated carbocycles. The number of carbonyl (C=O) groups excluding carboxylic acids is 2. The summed E-state index contributed by atoms with van der Waals surface area (Å²) in [5, 5.41) is 3.33. The first-order valence-electron chi connectivity index (χ1n) is 5.48. The van der Waals surface area contributed by atoms with Crippen molar-refractivity contribution in [3.63, 3.8) is 0 Å². The van der Waals surface area contributed by atoms with E-state index in [2.05, 4.69) is 10.3 Å². The van der Waals surface area contributed by atoms with Crippen LogP contribution in [0.5, 0.6) is 0 Å². The number of hydrogen-bond donors (Lipinski definition) is 4. The lowest BCUT2D eigenvalue weighted by Gasteiger charge is -2.13. The SMILES string of the molecule is NC(=O)N[C@@H](Cc1c[nH]c2ccccc12)C(N)=O. The maximum Gasteiger partial charge on any atom is 0.312 e. The van der Waals surface area contributed by atoms with Crippen molar-refractivity contribution in [2.75, 3.05) is 0 Å². The summed E-state index contributed by atoms with van der Waals surface area (Å²) >= 11 is 0. The first-order valence-corrected chi connectivity index (χ1v) is 5.48. The van der Waals surface area contributed by atoms with Gasteiger partial charge >= 0.3 is 6.03 Å². The predicted molar refractivity (Wildman–Crippen MR) is 67.7 cm³/mol. The molecule has 6 nitrogen and oxygen atoms in total. The van der Waals surface area contributed by atoms with Gasteiger partial charge in [0.1, 0.15) is 6.04 Å². The Balaban J connectivity index is 2.26. The highest BCUT2D eigenvalue weighted by molar-refractivity contribution is 5.88. The number of aromatic amines is 1. The molecule has 0 spiro atoms. The third-order valence-electron chi connectivity index (χ3n) is 2.76. The number of H-pyrrole nitrogens is 1. The molecular weight excluding hydrogens is 232 g/mol. The third kappa shape index (κ3) is 2.42. The number of nitrogens with two attached hydrogens (primary N) is 2. The standard InChI is InChI=1S/C12H14N4O2/c13-11(17)10(16-12(14)18)5-7-6-15-9-4-2-1-3-8(7)9/h1-4,6,10,15H,5H2,(H2,13,17)(H3,14,16,18)/t10-/m0/s1. The smallest absolute Gasteiger partial charge is 0.312 e. The molecule has 1 aromatic carbocycles. The van der Waals surface area contributed by atoms with Crippen molar-refractivity contribution < 1.29 is 9.59 Å². The molecule has 2 rings (SSSR count). The Kier molecular flexibility index (Phi) is 3.18. The van der Waals surface area contributed by atoms with E-state index in [1.165, 1.54) is 0 Å². The van der Waals surface area contributed by atoms with E-state index in [1.54, 1.807) is 6.20 Å². The van der Waals surface area contributed by atoms with Crippen LogP contribution in [0.4, 0.5) is 4.79 Å². The van der Waals surface area contributed by atoms with Gasteiger partial charge in [-0.1, -0.05) is 18.2 Å². The zero-order valence-electron chi connectivity index (χ0n) is 9.64. The predicted octanol–water partition coefficient (Wildman–Crippen LogP) is 0.233. The van der Waals surface area contributed by atoms with Crippen LogP contribution in [0.15, 0.2) is 30.5 Å². The molecule has 0 radical (unpaired) electrons. The van der Waals surface area contributed by atoms with Crippen LogP contribution in [0, 0.1) is 0 Å². The van der Waals surface area contributed by atoms with Gasteiger partial charge in [0.25, 0.3) is 0 Å². The molecule has 94 valence electrons. The second-order valence-electron chi connectivity index (χ2n) is 4.03. The lowest BCUT2D eigenvalue weighted by molar-refractivity contribution is -0.119. The Morgan fingerprint density at radius 2 is 2.00 bits per heavy atom. The molecule has 0 fully saturated rings. The van der Waals surface area contributed by atoms with Crippen molar-refractivity contribution >= 4 is 22.8 Å². The number of amides is 3. The fourth-order valence-corrected chi connectivity index (χ4v) is 1.91. The molecule has 2 aromatic rings. The number of rotatable bonds is 4. The number of nitrogens with one attached hydrogen (secondary N) is 2. The molecule has 1 atom stereocenters. The van der Waals surface area contributed by atoms with Gasteiger partial charge in [0.15, 0.2) is 0 Å². The summed E-state index contributed by atoms with van der Waals surface area (Å²) < 4.78 is 0. The van der Waals surface area contributed by atoms with Crippen LogP contribution in [0.25, 0.3) is 10.9 Å². The fourth-order valence-electron chi connectivity index (χ4n) is 1.91. The lowest BCUT2D eigenvalue weighted by atomic mass is 10.0.